The van der Waals surface area contributed by atoms with Gasteiger partial charge in [0.1, 0.15) is 5.82 Å². The van der Waals surface area contributed by atoms with E-state index in [0.29, 0.717) is 6.54 Å². The van der Waals surface area contributed by atoms with Crippen LogP contribution in [-0.4, -0.2) is 35.0 Å². The largest absolute Gasteiger partial charge is 0.355 e. The molecule has 1 aliphatic heterocycles. The van der Waals surface area contributed by atoms with Gasteiger partial charge in [0.2, 0.25) is 5.91 Å². The molecule has 1 saturated heterocycles. The fraction of sp³-hybridized carbons (Fsp3) is 0.421. The minimum absolute atomic E-state index is 0.0237. The Bertz CT molecular complexity index is 710. The highest BCUT2D eigenvalue weighted by atomic mass is 35.5. The molecule has 1 aromatic heterocycles. The van der Waals surface area contributed by atoms with Crippen LogP contribution in [0.5, 0.6) is 0 Å². The lowest BCUT2D eigenvalue weighted by atomic mass is 9.96. The number of halogens is 1. The number of benzene rings is 1. The van der Waals surface area contributed by atoms with E-state index in [9.17, 15) is 4.79 Å². The van der Waals surface area contributed by atoms with E-state index in [4.69, 9.17) is 11.6 Å². The molecule has 2 aromatic rings. The Balaban J connectivity index is 1.56. The Morgan fingerprint density at radius 2 is 2.24 bits per heavy atom. The molecule has 1 fully saturated rings. The number of carbonyl (C=O) groups excluding carboxylic acids is 1. The highest BCUT2D eigenvalue weighted by molar-refractivity contribution is 6.31. The third kappa shape index (κ3) is 4.69. The first-order valence-corrected chi connectivity index (χ1v) is 9.06. The maximum Gasteiger partial charge on any atom is 0.225 e. The maximum atomic E-state index is 12.7. The second-order valence-electron chi connectivity index (χ2n) is 6.55. The molecule has 1 N–H and O–H groups in total. The first-order chi connectivity index (χ1) is 12.1. The van der Waals surface area contributed by atoms with Gasteiger partial charge in [-0.3, -0.25) is 9.78 Å². The predicted molar refractivity (Wildman–Crippen MR) is 99.7 cm³/mol. The number of carbonyl (C=O) groups is 1. The average Bonchev–Trinajstić information content (AvgIpc) is 2.64. The number of nitrogens with zero attached hydrogens (tertiary/aromatic N) is 3. The molecule has 0 radical (unpaired) electrons. The summed E-state index contributed by atoms with van der Waals surface area (Å²) < 4.78 is 0. The first-order valence-electron chi connectivity index (χ1n) is 8.68. The van der Waals surface area contributed by atoms with Gasteiger partial charge in [0.15, 0.2) is 0 Å². The van der Waals surface area contributed by atoms with Crippen molar-refractivity contribution in [1.82, 2.24) is 15.3 Å². The Kier molecular flexibility index (Phi) is 5.87. The molecule has 0 saturated carbocycles. The van der Waals surface area contributed by atoms with Crippen molar-refractivity contribution in [3.8, 4) is 0 Å². The number of hydrogen-bond donors (Lipinski definition) is 1. The topological polar surface area (TPSA) is 58.1 Å². The van der Waals surface area contributed by atoms with Crippen molar-refractivity contribution >= 4 is 23.3 Å². The van der Waals surface area contributed by atoms with E-state index in [0.717, 1.165) is 42.2 Å². The summed E-state index contributed by atoms with van der Waals surface area (Å²) in [7, 11) is 0. The highest BCUT2D eigenvalue weighted by Gasteiger charge is 2.27. The Morgan fingerprint density at radius 1 is 1.40 bits per heavy atom. The summed E-state index contributed by atoms with van der Waals surface area (Å²) in [5.41, 5.74) is 1.06. The molecule has 2 atom stereocenters. The van der Waals surface area contributed by atoms with Crippen molar-refractivity contribution in [3.63, 3.8) is 0 Å². The molecule has 2 heterocycles. The molecule has 132 valence electrons. The van der Waals surface area contributed by atoms with Gasteiger partial charge in [0.25, 0.3) is 0 Å². The van der Waals surface area contributed by atoms with Crippen LogP contribution in [0.15, 0.2) is 42.9 Å². The molecule has 1 aromatic carbocycles. The lowest BCUT2D eigenvalue weighted by Crippen LogP contribution is -2.46. The van der Waals surface area contributed by atoms with Gasteiger partial charge in [-0.15, -0.1) is 0 Å². The molecule has 1 aliphatic rings. The summed E-state index contributed by atoms with van der Waals surface area (Å²) in [5.74, 6) is 0.918. The van der Waals surface area contributed by atoms with Crippen LogP contribution in [0, 0.1) is 5.92 Å². The molecule has 3 rings (SSSR count). The highest BCUT2D eigenvalue weighted by Crippen LogP contribution is 2.21. The van der Waals surface area contributed by atoms with E-state index in [1.807, 2.05) is 31.2 Å². The molecule has 25 heavy (non-hydrogen) atoms. The number of aromatic nitrogens is 2. The number of anilines is 1. The Morgan fingerprint density at radius 3 is 3.00 bits per heavy atom. The molecule has 0 bridgehead atoms. The predicted octanol–water partition coefficient (Wildman–Crippen LogP) is 3.09. The minimum atomic E-state index is -0.0237. The molecule has 0 spiro atoms. The lowest BCUT2D eigenvalue weighted by molar-refractivity contribution is -0.125. The SMILES string of the molecule is C[C@H](Cc1ccccc1Cl)NC(=O)[C@@H]1CCCN(c2cnccn2)C1. The van der Waals surface area contributed by atoms with Crippen LogP contribution in [0.1, 0.15) is 25.3 Å². The van der Waals surface area contributed by atoms with Crippen LogP contribution in [-0.2, 0) is 11.2 Å². The molecular weight excluding hydrogens is 336 g/mol. The molecule has 6 heteroatoms. The normalized spacial score (nSPS) is 18.6. The van der Waals surface area contributed by atoms with E-state index >= 15 is 0 Å². The summed E-state index contributed by atoms with van der Waals surface area (Å²) >= 11 is 6.21. The van der Waals surface area contributed by atoms with Crippen molar-refractivity contribution in [2.75, 3.05) is 18.0 Å². The van der Waals surface area contributed by atoms with Crippen LogP contribution >= 0.6 is 11.6 Å². The number of nitrogens with one attached hydrogen (secondary N) is 1. The van der Waals surface area contributed by atoms with Gasteiger partial charge in [0.05, 0.1) is 12.1 Å². The Labute approximate surface area is 153 Å². The van der Waals surface area contributed by atoms with Crippen LogP contribution in [0.4, 0.5) is 5.82 Å². The van der Waals surface area contributed by atoms with E-state index in [2.05, 4.69) is 20.2 Å². The van der Waals surface area contributed by atoms with E-state index < -0.39 is 0 Å². The fourth-order valence-electron chi connectivity index (χ4n) is 3.26. The van der Waals surface area contributed by atoms with Crippen molar-refractivity contribution in [2.24, 2.45) is 5.92 Å². The van der Waals surface area contributed by atoms with E-state index in [1.165, 1.54) is 0 Å². The Hall–Kier alpha value is -2.14. The fourth-order valence-corrected chi connectivity index (χ4v) is 3.47. The van der Waals surface area contributed by atoms with Gasteiger partial charge in [-0.05, 0) is 37.8 Å². The third-order valence-corrected chi connectivity index (χ3v) is 4.91. The minimum Gasteiger partial charge on any atom is -0.355 e. The van der Waals surface area contributed by atoms with Crippen LogP contribution in [0.25, 0.3) is 0 Å². The zero-order chi connectivity index (χ0) is 17.6. The molecule has 0 aliphatic carbocycles. The van der Waals surface area contributed by atoms with Crippen molar-refractivity contribution in [2.45, 2.75) is 32.2 Å². The van der Waals surface area contributed by atoms with Crippen LogP contribution < -0.4 is 10.2 Å². The van der Waals surface area contributed by atoms with Crippen molar-refractivity contribution in [3.05, 3.63) is 53.4 Å². The van der Waals surface area contributed by atoms with Crippen LogP contribution in [0.3, 0.4) is 0 Å². The van der Waals surface area contributed by atoms with Gasteiger partial charge in [0, 0.05) is 36.5 Å². The van der Waals surface area contributed by atoms with Crippen molar-refractivity contribution < 1.29 is 4.79 Å². The molecule has 0 unspecified atom stereocenters. The van der Waals surface area contributed by atoms with Gasteiger partial charge in [-0.1, -0.05) is 29.8 Å². The van der Waals surface area contributed by atoms with Gasteiger partial charge < -0.3 is 10.2 Å². The molecule has 1 amide bonds. The summed E-state index contributed by atoms with van der Waals surface area (Å²) in [5, 5.41) is 3.88. The molecule has 5 nitrogen and oxygen atoms in total. The summed E-state index contributed by atoms with van der Waals surface area (Å²) in [6, 6.07) is 7.81. The zero-order valence-electron chi connectivity index (χ0n) is 14.4. The van der Waals surface area contributed by atoms with Crippen LogP contribution in [0.2, 0.25) is 5.02 Å². The number of piperidine rings is 1. The smallest absolute Gasteiger partial charge is 0.225 e. The number of amides is 1. The van der Waals surface area contributed by atoms with Crippen molar-refractivity contribution in [1.29, 1.82) is 0 Å². The maximum absolute atomic E-state index is 12.7. The lowest BCUT2D eigenvalue weighted by Gasteiger charge is -2.33. The quantitative estimate of drug-likeness (QED) is 0.892. The van der Waals surface area contributed by atoms with Gasteiger partial charge in [-0.25, -0.2) is 4.98 Å². The average molecular weight is 359 g/mol. The third-order valence-electron chi connectivity index (χ3n) is 4.54. The zero-order valence-corrected chi connectivity index (χ0v) is 15.1. The summed E-state index contributed by atoms with van der Waals surface area (Å²) in [6.07, 6.45) is 7.71. The number of rotatable bonds is 5. The standard InChI is InChI=1S/C19H23ClN4O/c1-14(11-15-5-2-3-7-17(15)20)23-19(25)16-6-4-10-24(13-16)18-12-21-8-9-22-18/h2-3,5,7-9,12,14,16H,4,6,10-11,13H2,1H3,(H,23,25)/t14-,16-/m1/s1. The monoisotopic (exact) mass is 358 g/mol. The second-order valence-corrected chi connectivity index (χ2v) is 6.96. The van der Waals surface area contributed by atoms with E-state index in [-0.39, 0.29) is 17.9 Å². The summed E-state index contributed by atoms with van der Waals surface area (Å²) in [6.45, 7) is 3.62. The number of hydrogen-bond acceptors (Lipinski definition) is 4. The van der Waals surface area contributed by atoms with Gasteiger partial charge >= 0.3 is 0 Å². The van der Waals surface area contributed by atoms with Gasteiger partial charge in [-0.2, -0.15) is 0 Å². The van der Waals surface area contributed by atoms with E-state index in [1.54, 1.807) is 18.6 Å². The first kappa shape index (κ1) is 17.7. The molecular formula is C19H23ClN4O. The summed E-state index contributed by atoms with van der Waals surface area (Å²) in [4.78, 5) is 23.2. The second kappa shape index (κ2) is 8.30.